The topological polar surface area (TPSA) is 38.3 Å². The molecule has 4 heteroatoms. The molecule has 0 aliphatic rings. The van der Waals surface area contributed by atoms with Gasteiger partial charge in [-0.25, -0.2) is 0 Å². The van der Waals surface area contributed by atoms with Crippen LogP contribution in [-0.4, -0.2) is 19.1 Å². The molecule has 0 aromatic heterocycles. The predicted molar refractivity (Wildman–Crippen MR) is 64.5 cm³/mol. The van der Waals surface area contributed by atoms with E-state index in [0.717, 1.165) is 5.56 Å². The molecule has 16 heavy (non-hydrogen) atoms. The third-order valence-electron chi connectivity index (χ3n) is 2.45. The number of hydrogen-bond acceptors (Lipinski definition) is 2. The van der Waals surface area contributed by atoms with Crippen molar-refractivity contribution < 1.29 is 9.53 Å². The van der Waals surface area contributed by atoms with Gasteiger partial charge in [-0.15, -0.1) is 0 Å². The number of carbonyl (C=O) groups excluding carboxylic acids is 1. The molecular weight excluding hydrogens is 226 g/mol. The van der Waals surface area contributed by atoms with Gasteiger partial charge in [0.05, 0.1) is 6.04 Å². The van der Waals surface area contributed by atoms with Gasteiger partial charge in [0.2, 0.25) is 5.91 Å². The van der Waals surface area contributed by atoms with E-state index < -0.39 is 6.10 Å². The maximum Gasteiger partial charge on any atom is 0.249 e. The first kappa shape index (κ1) is 13.0. The van der Waals surface area contributed by atoms with Gasteiger partial charge in [0.1, 0.15) is 6.10 Å². The van der Waals surface area contributed by atoms with Crippen LogP contribution in [0.1, 0.15) is 25.5 Å². The molecule has 1 N–H and O–H groups in total. The van der Waals surface area contributed by atoms with Gasteiger partial charge in [0.25, 0.3) is 0 Å². The smallest absolute Gasteiger partial charge is 0.249 e. The third-order valence-corrected chi connectivity index (χ3v) is 2.80. The predicted octanol–water partition coefficient (Wildman–Crippen LogP) is 2.55. The minimum atomic E-state index is -0.454. The van der Waals surface area contributed by atoms with Gasteiger partial charge in [-0.2, -0.15) is 0 Å². The van der Waals surface area contributed by atoms with Crippen LogP contribution in [0.15, 0.2) is 24.3 Å². The molecule has 1 rings (SSSR count). The number of hydrogen-bond donors (Lipinski definition) is 1. The molecule has 1 aromatic carbocycles. The molecule has 2 atom stereocenters. The Balaban J connectivity index is 2.69. The summed E-state index contributed by atoms with van der Waals surface area (Å²) in [5.74, 6) is -0.144. The van der Waals surface area contributed by atoms with Gasteiger partial charge in [-0.05, 0) is 25.5 Å². The summed E-state index contributed by atoms with van der Waals surface area (Å²) in [4.78, 5) is 11.6. The highest BCUT2D eigenvalue weighted by atomic mass is 35.5. The summed E-state index contributed by atoms with van der Waals surface area (Å²) in [5, 5.41) is 3.49. The SMILES string of the molecule is COC(C)C(=O)N[C@@H](C)c1ccccc1Cl. The maximum absolute atomic E-state index is 11.6. The Hall–Kier alpha value is -1.06. The summed E-state index contributed by atoms with van der Waals surface area (Å²) in [6.07, 6.45) is -0.454. The second-order valence-corrected chi connectivity index (χ2v) is 4.04. The lowest BCUT2D eigenvalue weighted by Crippen LogP contribution is -2.35. The maximum atomic E-state index is 11.6. The zero-order valence-corrected chi connectivity index (χ0v) is 10.4. The molecule has 0 aliphatic carbocycles. The number of ether oxygens (including phenoxy) is 1. The number of amides is 1. The normalized spacial score (nSPS) is 14.2. The second-order valence-electron chi connectivity index (χ2n) is 3.63. The number of rotatable bonds is 4. The van der Waals surface area contributed by atoms with Crippen LogP contribution in [0.2, 0.25) is 5.02 Å². The molecule has 1 aromatic rings. The van der Waals surface area contributed by atoms with Crippen molar-refractivity contribution >= 4 is 17.5 Å². The molecule has 88 valence electrons. The van der Waals surface area contributed by atoms with E-state index in [1.165, 1.54) is 7.11 Å². The molecule has 3 nitrogen and oxygen atoms in total. The summed E-state index contributed by atoms with van der Waals surface area (Å²) in [6.45, 7) is 3.59. The molecule has 0 radical (unpaired) electrons. The van der Waals surface area contributed by atoms with Gasteiger partial charge in [-0.1, -0.05) is 29.8 Å². The average Bonchev–Trinajstić information content (AvgIpc) is 2.28. The number of benzene rings is 1. The third kappa shape index (κ3) is 3.22. The summed E-state index contributed by atoms with van der Waals surface area (Å²) in [7, 11) is 1.50. The van der Waals surface area contributed by atoms with Crippen molar-refractivity contribution in [2.45, 2.75) is 26.0 Å². The fourth-order valence-electron chi connectivity index (χ4n) is 1.34. The van der Waals surface area contributed by atoms with Crippen molar-refractivity contribution in [1.29, 1.82) is 0 Å². The zero-order valence-electron chi connectivity index (χ0n) is 9.66. The molecule has 0 fully saturated rings. The van der Waals surface area contributed by atoms with E-state index in [2.05, 4.69) is 5.32 Å². The second kappa shape index (κ2) is 5.87. The Morgan fingerprint density at radius 2 is 2.00 bits per heavy atom. The highest BCUT2D eigenvalue weighted by Gasteiger charge is 2.16. The van der Waals surface area contributed by atoms with E-state index in [4.69, 9.17) is 16.3 Å². The monoisotopic (exact) mass is 241 g/mol. The number of halogens is 1. The van der Waals surface area contributed by atoms with Gasteiger partial charge in [0, 0.05) is 12.1 Å². The van der Waals surface area contributed by atoms with E-state index in [1.54, 1.807) is 13.0 Å². The van der Waals surface area contributed by atoms with Crippen molar-refractivity contribution in [1.82, 2.24) is 5.32 Å². The molecule has 0 spiro atoms. The Morgan fingerprint density at radius 1 is 1.38 bits per heavy atom. The largest absolute Gasteiger partial charge is 0.372 e. The van der Waals surface area contributed by atoms with E-state index in [1.807, 2.05) is 25.1 Å². The summed E-state index contributed by atoms with van der Waals surface area (Å²) >= 11 is 6.03. The zero-order chi connectivity index (χ0) is 12.1. The van der Waals surface area contributed by atoms with Gasteiger partial charge < -0.3 is 10.1 Å². The van der Waals surface area contributed by atoms with Crippen LogP contribution in [0.25, 0.3) is 0 Å². The fraction of sp³-hybridized carbons (Fsp3) is 0.417. The van der Waals surface area contributed by atoms with E-state index in [9.17, 15) is 4.79 Å². The molecular formula is C12H16ClNO2. The Labute approximate surface area is 101 Å². The fourth-order valence-corrected chi connectivity index (χ4v) is 1.64. The first-order chi connectivity index (χ1) is 7.56. The van der Waals surface area contributed by atoms with Gasteiger partial charge in [-0.3, -0.25) is 4.79 Å². The van der Waals surface area contributed by atoms with Gasteiger partial charge >= 0.3 is 0 Å². The minimum Gasteiger partial charge on any atom is -0.372 e. The van der Waals surface area contributed by atoms with Crippen LogP contribution in [0.3, 0.4) is 0 Å². The lowest BCUT2D eigenvalue weighted by atomic mass is 10.1. The van der Waals surface area contributed by atoms with Crippen molar-refractivity contribution in [3.63, 3.8) is 0 Å². The quantitative estimate of drug-likeness (QED) is 0.880. The average molecular weight is 242 g/mol. The first-order valence-corrected chi connectivity index (χ1v) is 5.51. The molecule has 0 aliphatic heterocycles. The van der Waals surface area contributed by atoms with Crippen LogP contribution >= 0.6 is 11.6 Å². The standard InChI is InChI=1S/C12H16ClNO2/c1-8(14-12(15)9(2)16-3)10-6-4-5-7-11(10)13/h4-9H,1-3H3,(H,14,15)/t8-,9?/m0/s1. The Bertz CT molecular complexity index is 368. The number of nitrogens with one attached hydrogen (secondary N) is 1. The van der Waals surface area contributed by atoms with Crippen molar-refractivity contribution in [2.24, 2.45) is 0 Å². The molecule has 1 unspecified atom stereocenters. The number of carbonyl (C=O) groups is 1. The van der Waals surface area contributed by atoms with Crippen LogP contribution in [0, 0.1) is 0 Å². The van der Waals surface area contributed by atoms with Crippen molar-refractivity contribution in [2.75, 3.05) is 7.11 Å². The van der Waals surface area contributed by atoms with Crippen molar-refractivity contribution in [3.8, 4) is 0 Å². The Kier molecular flexibility index (Phi) is 4.77. The van der Waals surface area contributed by atoms with Crippen molar-refractivity contribution in [3.05, 3.63) is 34.9 Å². The van der Waals surface area contributed by atoms with Crippen LogP contribution in [0.5, 0.6) is 0 Å². The lowest BCUT2D eigenvalue weighted by molar-refractivity contribution is -0.130. The highest BCUT2D eigenvalue weighted by molar-refractivity contribution is 6.31. The van der Waals surface area contributed by atoms with Crippen LogP contribution in [-0.2, 0) is 9.53 Å². The van der Waals surface area contributed by atoms with Gasteiger partial charge in [0.15, 0.2) is 0 Å². The molecule has 0 saturated carbocycles. The highest BCUT2D eigenvalue weighted by Crippen LogP contribution is 2.22. The summed E-state index contributed by atoms with van der Waals surface area (Å²) in [5.41, 5.74) is 0.904. The number of methoxy groups -OCH3 is 1. The molecule has 1 amide bonds. The summed E-state index contributed by atoms with van der Waals surface area (Å²) in [6, 6.07) is 7.32. The minimum absolute atomic E-state index is 0.126. The Morgan fingerprint density at radius 3 is 2.56 bits per heavy atom. The molecule has 0 heterocycles. The first-order valence-electron chi connectivity index (χ1n) is 5.14. The van der Waals surface area contributed by atoms with Crippen LogP contribution < -0.4 is 5.32 Å². The van der Waals surface area contributed by atoms with E-state index in [-0.39, 0.29) is 11.9 Å². The lowest BCUT2D eigenvalue weighted by Gasteiger charge is -2.18. The van der Waals surface area contributed by atoms with E-state index in [0.29, 0.717) is 5.02 Å². The van der Waals surface area contributed by atoms with Crippen LogP contribution in [0.4, 0.5) is 0 Å². The summed E-state index contributed by atoms with van der Waals surface area (Å²) < 4.78 is 4.93. The van der Waals surface area contributed by atoms with E-state index >= 15 is 0 Å². The molecule has 0 bridgehead atoms. The molecule has 0 saturated heterocycles.